The van der Waals surface area contributed by atoms with Crippen molar-refractivity contribution in [2.45, 2.75) is 40.5 Å². The summed E-state index contributed by atoms with van der Waals surface area (Å²) in [5.74, 6) is 0.501. The lowest BCUT2D eigenvalue weighted by molar-refractivity contribution is 0.682. The molecule has 0 heteroatoms. The maximum absolute atomic E-state index is 4.13. The van der Waals surface area contributed by atoms with Gasteiger partial charge in [0, 0.05) is 0 Å². The highest BCUT2D eigenvalue weighted by Crippen LogP contribution is 2.33. The topological polar surface area (TPSA) is 0 Å². The van der Waals surface area contributed by atoms with Crippen LogP contribution in [0.5, 0.6) is 0 Å². The van der Waals surface area contributed by atoms with Crippen molar-refractivity contribution in [2.75, 3.05) is 0 Å². The molecule has 2 aromatic carbocycles. The quantitative estimate of drug-likeness (QED) is 0.480. The Kier molecular flexibility index (Phi) is 5.96. The molecule has 0 saturated carbocycles. The summed E-state index contributed by atoms with van der Waals surface area (Å²) in [6.45, 7) is 12.8. The van der Waals surface area contributed by atoms with Crippen LogP contribution in [0.4, 0.5) is 0 Å². The van der Waals surface area contributed by atoms with Crippen LogP contribution in [-0.4, -0.2) is 0 Å². The summed E-state index contributed by atoms with van der Waals surface area (Å²) in [4.78, 5) is 0. The van der Waals surface area contributed by atoms with Crippen LogP contribution in [0.3, 0.4) is 0 Å². The summed E-state index contributed by atoms with van der Waals surface area (Å²) in [6.07, 6.45) is 11.3. The normalized spacial score (nSPS) is 15.0. The Morgan fingerprint density at radius 2 is 1.70 bits per heavy atom. The Labute approximate surface area is 164 Å². The predicted molar refractivity (Wildman–Crippen MR) is 120 cm³/mol. The predicted octanol–water partition coefficient (Wildman–Crippen LogP) is 7.84. The van der Waals surface area contributed by atoms with Crippen LogP contribution in [-0.2, 0) is 0 Å². The van der Waals surface area contributed by atoms with E-state index in [4.69, 9.17) is 0 Å². The van der Waals surface area contributed by atoms with Gasteiger partial charge in [0.05, 0.1) is 0 Å². The van der Waals surface area contributed by atoms with E-state index in [1.54, 1.807) is 0 Å². The Morgan fingerprint density at radius 1 is 1.00 bits per heavy atom. The van der Waals surface area contributed by atoms with Gasteiger partial charge in [-0.25, -0.2) is 0 Å². The molecule has 3 rings (SSSR count). The van der Waals surface area contributed by atoms with E-state index in [-0.39, 0.29) is 0 Å². The van der Waals surface area contributed by atoms with Crippen LogP contribution in [0.1, 0.15) is 43.4 Å². The van der Waals surface area contributed by atoms with Crippen LogP contribution in [0.2, 0.25) is 0 Å². The molecule has 1 atom stereocenters. The second-order valence-corrected chi connectivity index (χ2v) is 7.88. The zero-order valence-corrected chi connectivity index (χ0v) is 17.0. The maximum atomic E-state index is 4.13. The van der Waals surface area contributed by atoms with Gasteiger partial charge in [-0.05, 0) is 61.8 Å². The zero-order valence-electron chi connectivity index (χ0n) is 17.0. The third-order valence-corrected chi connectivity index (χ3v) is 5.39. The molecule has 0 spiro atoms. The van der Waals surface area contributed by atoms with Crippen molar-refractivity contribution in [2.24, 2.45) is 5.92 Å². The zero-order chi connectivity index (χ0) is 19.4. The SMILES string of the molecule is C=C(C)C(C)CC1=CCC=CC(c2ccc(C)cc2-c2ccc(C)cc2)=C1. The molecule has 0 heterocycles. The minimum absolute atomic E-state index is 0.501. The molecular weight excluding hydrogens is 324 g/mol. The molecule has 0 fully saturated rings. The number of aryl methyl sites for hydroxylation is 2. The first-order valence-corrected chi connectivity index (χ1v) is 9.85. The number of rotatable bonds is 5. The summed E-state index contributed by atoms with van der Waals surface area (Å²) in [7, 11) is 0. The Morgan fingerprint density at radius 3 is 2.41 bits per heavy atom. The van der Waals surface area contributed by atoms with Gasteiger partial charge in [0.2, 0.25) is 0 Å². The van der Waals surface area contributed by atoms with Gasteiger partial charge in [-0.15, -0.1) is 0 Å². The summed E-state index contributed by atoms with van der Waals surface area (Å²) >= 11 is 0. The third kappa shape index (κ3) is 4.77. The van der Waals surface area contributed by atoms with Gasteiger partial charge in [0.1, 0.15) is 0 Å². The van der Waals surface area contributed by atoms with E-state index in [1.807, 2.05) is 0 Å². The molecule has 1 aliphatic carbocycles. The van der Waals surface area contributed by atoms with Gasteiger partial charge in [0.25, 0.3) is 0 Å². The summed E-state index contributed by atoms with van der Waals surface area (Å²) in [5, 5.41) is 0. The Balaban J connectivity index is 2.04. The smallest absolute Gasteiger partial charge is 0.0103 e. The number of benzene rings is 2. The largest absolute Gasteiger partial charge is 0.0999 e. The molecule has 0 aliphatic heterocycles. The molecule has 1 aliphatic rings. The van der Waals surface area contributed by atoms with E-state index in [9.17, 15) is 0 Å². The molecular formula is C27H30. The van der Waals surface area contributed by atoms with Gasteiger partial charge in [-0.1, -0.05) is 103 Å². The first-order valence-electron chi connectivity index (χ1n) is 9.85. The highest BCUT2D eigenvalue weighted by molar-refractivity contribution is 5.87. The number of hydrogen-bond donors (Lipinski definition) is 0. The molecule has 0 radical (unpaired) electrons. The summed E-state index contributed by atoms with van der Waals surface area (Å²) in [6, 6.07) is 15.6. The molecule has 0 aromatic heterocycles. The van der Waals surface area contributed by atoms with Crippen LogP contribution in [0.15, 0.2) is 84.5 Å². The van der Waals surface area contributed by atoms with Crippen molar-refractivity contribution >= 4 is 5.57 Å². The molecule has 2 aromatic rings. The fraction of sp³-hybridized carbons (Fsp3) is 0.259. The molecule has 138 valence electrons. The Hall–Kier alpha value is -2.60. The van der Waals surface area contributed by atoms with Crippen molar-refractivity contribution in [3.63, 3.8) is 0 Å². The molecule has 0 N–H and O–H groups in total. The molecule has 0 amide bonds. The maximum Gasteiger partial charge on any atom is -0.0103 e. The lowest BCUT2D eigenvalue weighted by Gasteiger charge is -2.15. The van der Waals surface area contributed by atoms with E-state index in [0.717, 1.165) is 12.8 Å². The van der Waals surface area contributed by atoms with E-state index < -0.39 is 0 Å². The van der Waals surface area contributed by atoms with E-state index in [1.165, 1.54) is 44.5 Å². The lowest BCUT2D eigenvalue weighted by atomic mass is 9.90. The van der Waals surface area contributed by atoms with Gasteiger partial charge in [-0.2, -0.15) is 0 Å². The minimum atomic E-state index is 0.501. The average molecular weight is 355 g/mol. The van der Waals surface area contributed by atoms with Crippen molar-refractivity contribution in [1.29, 1.82) is 0 Å². The van der Waals surface area contributed by atoms with Gasteiger partial charge in [0.15, 0.2) is 0 Å². The number of hydrogen-bond acceptors (Lipinski definition) is 0. The first-order chi connectivity index (χ1) is 12.9. The highest BCUT2D eigenvalue weighted by atomic mass is 14.2. The fourth-order valence-corrected chi connectivity index (χ4v) is 3.44. The average Bonchev–Trinajstić information content (AvgIpc) is 2.87. The summed E-state index contributed by atoms with van der Waals surface area (Å²) in [5.41, 5.74) is 10.4. The van der Waals surface area contributed by atoms with E-state index >= 15 is 0 Å². The van der Waals surface area contributed by atoms with Crippen LogP contribution >= 0.6 is 0 Å². The van der Waals surface area contributed by atoms with Crippen LogP contribution in [0, 0.1) is 19.8 Å². The van der Waals surface area contributed by atoms with Gasteiger partial charge < -0.3 is 0 Å². The lowest BCUT2D eigenvalue weighted by Crippen LogP contribution is -1.97. The molecule has 0 nitrogen and oxygen atoms in total. The highest BCUT2D eigenvalue weighted by Gasteiger charge is 2.12. The van der Waals surface area contributed by atoms with Crippen molar-refractivity contribution in [3.05, 3.63) is 101 Å². The van der Waals surface area contributed by atoms with Crippen molar-refractivity contribution < 1.29 is 0 Å². The van der Waals surface area contributed by atoms with Crippen molar-refractivity contribution in [1.82, 2.24) is 0 Å². The molecule has 0 bridgehead atoms. The summed E-state index contributed by atoms with van der Waals surface area (Å²) < 4.78 is 0. The molecule has 1 unspecified atom stereocenters. The first kappa shape index (κ1) is 19.2. The second kappa shape index (κ2) is 8.39. The van der Waals surface area contributed by atoms with Crippen molar-refractivity contribution in [3.8, 4) is 11.1 Å². The third-order valence-electron chi connectivity index (χ3n) is 5.39. The van der Waals surface area contributed by atoms with Crippen LogP contribution in [0.25, 0.3) is 16.7 Å². The monoisotopic (exact) mass is 354 g/mol. The van der Waals surface area contributed by atoms with Gasteiger partial charge >= 0.3 is 0 Å². The van der Waals surface area contributed by atoms with Gasteiger partial charge in [-0.3, -0.25) is 0 Å². The van der Waals surface area contributed by atoms with E-state index in [2.05, 4.69) is 101 Å². The Bertz CT molecular complexity index is 917. The fourth-order valence-electron chi connectivity index (χ4n) is 3.44. The van der Waals surface area contributed by atoms with E-state index in [0.29, 0.717) is 5.92 Å². The second-order valence-electron chi connectivity index (χ2n) is 7.88. The molecule has 27 heavy (non-hydrogen) atoms. The number of allylic oxidation sites excluding steroid dienone is 7. The minimum Gasteiger partial charge on any atom is -0.0999 e. The van der Waals surface area contributed by atoms with Crippen LogP contribution < -0.4 is 0 Å². The standard InChI is InChI=1S/C27H30/c1-19(2)22(5)17-23-8-6-7-9-25(18-23)26-15-12-21(4)16-27(26)24-13-10-20(3)11-14-24/h7-16,18,22H,1,6,17H2,2-5H3. The molecule has 0 saturated heterocycles.